The predicted octanol–water partition coefficient (Wildman–Crippen LogP) is 5.02. The minimum atomic E-state index is -2.28. The number of aliphatic hydroxyl groups is 2. The Morgan fingerprint density at radius 3 is 2.31 bits per heavy atom. The van der Waals surface area contributed by atoms with Gasteiger partial charge in [0.15, 0.2) is 0 Å². The van der Waals surface area contributed by atoms with Gasteiger partial charge in [0.1, 0.15) is 0 Å². The Kier molecular flexibility index (Phi) is 4.51. The van der Waals surface area contributed by atoms with Crippen molar-refractivity contribution in [2.24, 2.45) is 40.4 Å². The van der Waals surface area contributed by atoms with Crippen molar-refractivity contribution in [3.8, 4) is 0 Å². The van der Waals surface area contributed by atoms with Gasteiger partial charge in [0, 0.05) is 5.41 Å². The highest BCUT2D eigenvalue weighted by Gasteiger charge is 2.65. The summed E-state index contributed by atoms with van der Waals surface area (Å²) < 4.78 is 29.2. The van der Waals surface area contributed by atoms with E-state index in [0.29, 0.717) is 37.0 Å². The highest BCUT2D eigenvalue weighted by molar-refractivity contribution is 5.12. The van der Waals surface area contributed by atoms with Gasteiger partial charge in [-0.15, -0.1) is 0 Å². The van der Waals surface area contributed by atoms with Crippen molar-refractivity contribution >= 4 is 0 Å². The third kappa shape index (κ3) is 2.53. The molecule has 4 rings (SSSR count). The van der Waals surface area contributed by atoms with Gasteiger partial charge in [-0.25, -0.2) is 8.78 Å². The lowest BCUT2D eigenvalue weighted by Crippen LogP contribution is -2.59. The van der Waals surface area contributed by atoms with Crippen molar-refractivity contribution in [1.82, 2.24) is 0 Å². The summed E-state index contributed by atoms with van der Waals surface area (Å²) in [5.41, 5.74) is -1.54. The fraction of sp³-hybridized carbons (Fsp3) is 1.00. The van der Waals surface area contributed by atoms with E-state index in [1.807, 2.05) is 13.8 Å². The molecule has 0 spiro atoms. The van der Waals surface area contributed by atoms with Crippen LogP contribution in [0.5, 0.6) is 0 Å². The first-order valence-corrected chi connectivity index (χ1v) is 10.8. The molecule has 4 aliphatic carbocycles. The molecule has 26 heavy (non-hydrogen) atoms. The van der Waals surface area contributed by atoms with Gasteiger partial charge in [0.2, 0.25) is 6.43 Å². The molecule has 4 fully saturated rings. The van der Waals surface area contributed by atoms with Crippen LogP contribution in [0.4, 0.5) is 8.78 Å². The first kappa shape index (κ1) is 19.1. The monoisotopic (exact) mass is 370 g/mol. The Morgan fingerprint density at radius 1 is 0.923 bits per heavy atom. The molecule has 0 radical (unpaired) electrons. The SMILES string of the molecule is CC(O)C1CC[C@H]2[C@@H]3CCC4C[C@](C)(O)CC[C@]4(C(F)F)[C@H]3CC[C@]12C. The molecule has 3 unspecified atom stereocenters. The molecule has 0 aromatic rings. The first-order chi connectivity index (χ1) is 12.1. The third-order valence-corrected chi connectivity index (χ3v) is 9.58. The number of alkyl halides is 2. The van der Waals surface area contributed by atoms with Gasteiger partial charge >= 0.3 is 0 Å². The van der Waals surface area contributed by atoms with Crippen LogP contribution in [0.1, 0.15) is 78.6 Å². The molecular formula is C22H36F2O2. The van der Waals surface area contributed by atoms with Crippen molar-refractivity contribution in [1.29, 1.82) is 0 Å². The van der Waals surface area contributed by atoms with Crippen LogP contribution in [0, 0.1) is 40.4 Å². The number of fused-ring (bicyclic) bond motifs is 5. The Balaban J connectivity index is 1.66. The average Bonchev–Trinajstić information content (AvgIpc) is 2.90. The van der Waals surface area contributed by atoms with Gasteiger partial charge in [-0.3, -0.25) is 0 Å². The van der Waals surface area contributed by atoms with Crippen LogP contribution < -0.4 is 0 Å². The summed E-state index contributed by atoms with van der Waals surface area (Å²) in [5, 5.41) is 20.8. The second-order valence-corrected chi connectivity index (χ2v) is 10.7. The number of rotatable bonds is 2. The predicted molar refractivity (Wildman–Crippen MR) is 97.9 cm³/mol. The van der Waals surface area contributed by atoms with E-state index in [4.69, 9.17) is 0 Å². The Hall–Kier alpha value is -0.220. The number of halogens is 2. The van der Waals surface area contributed by atoms with Crippen LogP contribution in [0.15, 0.2) is 0 Å². The number of aliphatic hydroxyl groups excluding tert-OH is 1. The quantitative estimate of drug-likeness (QED) is 0.716. The highest BCUT2D eigenvalue weighted by Crippen LogP contribution is 2.69. The van der Waals surface area contributed by atoms with Crippen LogP contribution in [0.3, 0.4) is 0 Å². The van der Waals surface area contributed by atoms with Crippen LogP contribution in [-0.2, 0) is 0 Å². The molecule has 4 saturated carbocycles. The zero-order chi connectivity index (χ0) is 18.9. The van der Waals surface area contributed by atoms with Gasteiger partial charge < -0.3 is 10.2 Å². The molecule has 0 aliphatic heterocycles. The molecule has 0 bridgehead atoms. The molecule has 4 aliphatic rings. The van der Waals surface area contributed by atoms with Gasteiger partial charge in [-0.2, -0.15) is 0 Å². The summed E-state index contributed by atoms with van der Waals surface area (Å²) in [5.74, 6) is 1.25. The molecule has 150 valence electrons. The molecule has 2 nitrogen and oxygen atoms in total. The normalized spacial score (nSPS) is 55.2. The lowest BCUT2D eigenvalue weighted by atomic mass is 9.43. The molecule has 0 aromatic carbocycles. The smallest absolute Gasteiger partial charge is 0.244 e. The van der Waals surface area contributed by atoms with Gasteiger partial charge in [0.25, 0.3) is 0 Å². The first-order valence-electron chi connectivity index (χ1n) is 10.8. The highest BCUT2D eigenvalue weighted by atomic mass is 19.3. The molecule has 9 atom stereocenters. The molecule has 2 N–H and O–H groups in total. The molecule has 0 heterocycles. The summed E-state index contributed by atoms with van der Waals surface area (Å²) in [7, 11) is 0. The van der Waals surface area contributed by atoms with E-state index in [2.05, 4.69) is 6.92 Å². The van der Waals surface area contributed by atoms with E-state index < -0.39 is 17.4 Å². The molecule has 0 aromatic heterocycles. The summed E-state index contributed by atoms with van der Waals surface area (Å²) in [6, 6.07) is 0. The minimum Gasteiger partial charge on any atom is -0.393 e. The van der Waals surface area contributed by atoms with Crippen LogP contribution in [-0.4, -0.2) is 28.3 Å². The molecular weight excluding hydrogens is 334 g/mol. The second kappa shape index (κ2) is 6.14. The maximum absolute atomic E-state index is 14.6. The summed E-state index contributed by atoms with van der Waals surface area (Å²) in [6.07, 6.45) is 4.81. The lowest BCUT2D eigenvalue weighted by Gasteiger charge is -2.62. The van der Waals surface area contributed by atoms with E-state index in [9.17, 15) is 19.0 Å². The lowest BCUT2D eigenvalue weighted by molar-refractivity contribution is -0.208. The van der Waals surface area contributed by atoms with E-state index in [1.165, 1.54) is 0 Å². The fourth-order valence-electron chi connectivity index (χ4n) is 8.40. The fourth-order valence-corrected chi connectivity index (χ4v) is 8.40. The van der Waals surface area contributed by atoms with Gasteiger partial charge in [0.05, 0.1) is 11.7 Å². The van der Waals surface area contributed by atoms with Crippen molar-refractivity contribution in [2.45, 2.75) is 96.7 Å². The van der Waals surface area contributed by atoms with Gasteiger partial charge in [-0.05, 0) is 107 Å². The Bertz CT molecular complexity index is 548. The maximum Gasteiger partial charge on any atom is 0.244 e. The van der Waals surface area contributed by atoms with E-state index in [1.54, 1.807) is 0 Å². The van der Waals surface area contributed by atoms with E-state index in [-0.39, 0.29) is 23.4 Å². The van der Waals surface area contributed by atoms with Crippen molar-refractivity contribution in [3.63, 3.8) is 0 Å². The summed E-state index contributed by atoms with van der Waals surface area (Å²) >= 11 is 0. The Morgan fingerprint density at radius 2 is 1.65 bits per heavy atom. The average molecular weight is 371 g/mol. The van der Waals surface area contributed by atoms with E-state index in [0.717, 1.165) is 38.5 Å². The third-order valence-electron chi connectivity index (χ3n) is 9.58. The second-order valence-electron chi connectivity index (χ2n) is 10.7. The minimum absolute atomic E-state index is 0.0363. The van der Waals surface area contributed by atoms with E-state index >= 15 is 0 Å². The largest absolute Gasteiger partial charge is 0.393 e. The standard InChI is InChI=1S/C22H36F2O2/c1-13(25)16-6-7-17-15-5-4-14-12-20(2,26)10-11-22(14,19(23)24)18(15)8-9-21(16,17)3/h13-19,25-26H,4-12H2,1-3H3/t13?,14?,15-,16?,17-,18-,20+,21+,22+/m0/s1. The summed E-state index contributed by atoms with van der Waals surface area (Å²) in [4.78, 5) is 0. The van der Waals surface area contributed by atoms with Crippen molar-refractivity contribution in [3.05, 3.63) is 0 Å². The molecule has 0 amide bonds. The Labute approximate surface area is 156 Å². The number of hydrogen-bond acceptors (Lipinski definition) is 2. The maximum atomic E-state index is 14.6. The van der Waals surface area contributed by atoms with Gasteiger partial charge in [-0.1, -0.05) is 6.92 Å². The van der Waals surface area contributed by atoms with Crippen LogP contribution >= 0.6 is 0 Å². The van der Waals surface area contributed by atoms with Crippen molar-refractivity contribution < 1.29 is 19.0 Å². The van der Waals surface area contributed by atoms with Crippen molar-refractivity contribution in [2.75, 3.05) is 0 Å². The van der Waals surface area contributed by atoms with Crippen LogP contribution in [0.25, 0.3) is 0 Å². The zero-order valence-corrected chi connectivity index (χ0v) is 16.6. The number of hydrogen-bond donors (Lipinski definition) is 2. The molecule has 4 heteroatoms. The molecule has 0 saturated heterocycles. The summed E-state index contributed by atoms with van der Waals surface area (Å²) in [6.45, 7) is 6.06. The zero-order valence-electron chi connectivity index (χ0n) is 16.6. The van der Waals surface area contributed by atoms with Crippen LogP contribution in [0.2, 0.25) is 0 Å². The topological polar surface area (TPSA) is 40.5 Å².